The molecule has 4 heteroatoms. The fourth-order valence-corrected chi connectivity index (χ4v) is 3.56. The Kier molecular flexibility index (Phi) is 4.40. The van der Waals surface area contributed by atoms with E-state index in [2.05, 4.69) is 38.3 Å². The highest BCUT2D eigenvalue weighted by Gasteiger charge is 2.37. The first-order valence-corrected chi connectivity index (χ1v) is 7.58. The minimum atomic E-state index is -0.374. The van der Waals surface area contributed by atoms with Gasteiger partial charge in [-0.2, -0.15) is 0 Å². The number of piperidine rings is 1. The van der Waals surface area contributed by atoms with Gasteiger partial charge >= 0.3 is 0 Å². The lowest BCUT2D eigenvalue weighted by Crippen LogP contribution is -2.61. The lowest BCUT2D eigenvalue weighted by atomic mass is 9.79. The molecule has 1 aliphatic rings. The van der Waals surface area contributed by atoms with Crippen molar-refractivity contribution in [2.75, 3.05) is 0 Å². The Morgan fingerprint density at radius 3 is 2.48 bits per heavy atom. The number of carbonyl (C=O) groups excluding carboxylic acids is 1. The Bertz CT molecular complexity index is 507. The van der Waals surface area contributed by atoms with Gasteiger partial charge in [-0.1, -0.05) is 12.1 Å². The number of primary amides is 1. The summed E-state index contributed by atoms with van der Waals surface area (Å²) in [5.41, 5.74) is 7.26. The van der Waals surface area contributed by atoms with Crippen molar-refractivity contribution in [1.82, 2.24) is 10.6 Å². The summed E-state index contributed by atoms with van der Waals surface area (Å²) in [6.45, 7) is 9.75. The van der Waals surface area contributed by atoms with Crippen molar-refractivity contribution in [3.05, 3.63) is 35.4 Å². The van der Waals surface area contributed by atoms with Crippen LogP contribution in [0, 0.1) is 0 Å². The maximum absolute atomic E-state index is 11.2. The molecule has 2 rings (SSSR count). The van der Waals surface area contributed by atoms with E-state index in [1.807, 2.05) is 18.2 Å². The van der Waals surface area contributed by atoms with Gasteiger partial charge in [0, 0.05) is 29.2 Å². The summed E-state index contributed by atoms with van der Waals surface area (Å²) in [7, 11) is 0. The summed E-state index contributed by atoms with van der Waals surface area (Å²) in [5.74, 6) is -0.374. The highest BCUT2D eigenvalue weighted by Crippen LogP contribution is 2.28. The fourth-order valence-electron chi connectivity index (χ4n) is 3.56. The lowest BCUT2D eigenvalue weighted by Gasteiger charge is -2.46. The molecule has 0 aromatic heterocycles. The molecule has 1 fully saturated rings. The summed E-state index contributed by atoms with van der Waals surface area (Å²) in [6, 6.07) is 7.99. The van der Waals surface area contributed by atoms with Crippen LogP contribution >= 0.6 is 0 Å². The highest BCUT2D eigenvalue weighted by atomic mass is 16.1. The van der Waals surface area contributed by atoms with E-state index in [0.717, 1.165) is 24.9 Å². The zero-order chi connectivity index (χ0) is 15.7. The second kappa shape index (κ2) is 5.78. The summed E-state index contributed by atoms with van der Waals surface area (Å²) in [4.78, 5) is 11.2. The molecule has 0 atom stereocenters. The number of nitrogens with one attached hydrogen (secondary N) is 2. The van der Waals surface area contributed by atoms with Gasteiger partial charge in [-0.05, 0) is 58.2 Å². The zero-order valence-corrected chi connectivity index (χ0v) is 13.5. The molecule has 0 radical (unpaired) electrons. The van der Waals surface area contributed by atoms with E-state index < -0.39 is 0 Å². The lowest BCUT2D eigenvalue weighted by molar-refractivity contribution is 0.1000. The predicted octanol–water partition coefficient (Wildman–Crippen LogP) is 2.18. The molecule has 1 amide bonds. The third-order valence-corrected chi connectivity index (χ3v) is 4.00. The Balaban J connectivity index is 1.99. The van der Waals surface area contributed by atoms with E-state index in [1.165, 1.54) is 0 Å². The van der Waals surface area contributed by atoms with Crippen LogP contribution in [-0.2, 0) is 6.54 Å². The third kappa shape index (κ3) is 4.55. The van der Waals surface area contributed by atoms with Crippen LogP contribution in [0.15, 0.2) is 24.3 Å². The number of benzene rings is 1. The van der Waals surface area contributed by atoms with Gasteiger partial charge in [-0.15, -0.1) is 0 Å². The zero-order valence-electron chi connectivity index (χ0n) is 13.5. The molecule has 0 aliphatic carbocycles. The molecule has 1 heterocycles. The maximum Gasteiger partial charge on any atom is 0.248 e. The van der Waals surface area contributed by atoms with Gasteiger partial charge in [0.2, 0.25) is 5.91 Å². The van der Waals surface area contributed by atoms with Gasteiger partial charge in [-0.3, -0.25) is 4.79 Å². The molecule has 4 N–H and O–H groups in total. The quantitative estimate of drug-likeness (QED) is 0.796. The van der Waals surface area contributed by atoms with E-state index in [1.54, 1.807) is 6.07 Å². The molecule has 116 valence electrons. The van der Waals surface area contributed by atoms with Crippen LogP contribution in [0.2, 0.25) is 0 Å². The van der Waals surface area contributed by atoms with Crippen molar-refractivity contribution >= 4 is 5.91 Å². The van der Waals surface area contributed by atoms with Crippen LogP contribution in [0.5, 0.6) is 0 Å². The minimum Gasteiger partial charge on any atom is -0.366 e. The molecule has 0 saturated carbocycles. The SMILES string of the molecule is CC1(C)CC(NCc2cccc(C(N)=O)c2)CC(C)(C)N1. The van der Waals surface area contributed by atoms with Crippen molar-refractivity contribution in [1.29, 1.82) is 0 Å². The number of amides is 1. The van der Waals surface area contributed by atoms with E-state index >= 15 is 0 Å². The third-order valence-electron chi connectivity index (χ3n) is 4.00. The number of nitrogens with two attached hydrogens (primary N) is 1. The summed E-state index contributed by atoms with van der Waals surface area (Å²) >= 11 is 0. The molecule has 21 heavy (non-hydrogen) atoms. The summed E-state index contributed by atoms with van der Waals surface area (Å²) in [5, 5.41) is 7.31. The smallest absolute Gasteiger partial charge is 0.248 e. The Morgan fingerprint density at radius 1 is 1.29 bits per heavy atom. The molecule has 1 aliphatic heterocycles. The maximum atomic E-state index is 11.2. The molecule has 4 nitrogen and oxygen atoms in total. The Morgan fingerprint density at radius 2 is 1.90 bits per heavy atom. The second-order valence-corrected chi connectivity index (χ2v) is 7.44. The van der Waals surface area contributed by atoms with Gasteiger partial charge in [0.25, 0.3) is 0 Å². The molecule has 1 aromatic carbocycles. The van der Waals surface area contributed by atoms with Crippen LogP contribution in [-0.4, -0.2) is 23.0 Å². The van der Waals surface area contributed by atoms with Gasteiger partial charge in [0.05, 0.1) is 0 Å². The minimum absolute atomic E-state index is 0.133. The van der Waals surface area contributed by atoms with Crippen molar-refractivity contribution in [3.8, 4) is 0 Å². The van der Waals surface area contributed by atoms with Crippen LogP contribution in [0.3, 0.4) is 0 Å². The largest absolute Gasteiger partial charge is 0.366 e. The first-order chi connectivity index (χ1) is 9.67. The molecule has 0 bridgehead atoms. The van der Waals surface area contributed by atoms with E-state index in [0.29, 0.717) is 11.6 Å². The average Bonchev–Trinajstić information content (AvgIpc) is 2.33. The van der Waals surface area contributed by atoms with E-state index in [-0.39, 0.29) is 17.0 Å². The fraction of sp³-hybridized carbons (Fsp3) is 0.588. The van der Waals surface area contributed by atoms with Crippen molar-refractivity contribution in [3.63, 3.8) is 0 Å². The van der Waals surface area contributed by atoms with Gasteiger partial charge < -0.3 is 16.4 Å². The van der Waals surface area contributed by atoms with Crippen molar-refractivity contribution < 1.29 is 4.79 Å². The highest BCUT2D eigenvalue weighted by molar-refractivity contribution is 5.92. The first kappa shape index (κ1) is 16.0. The van der Waals surface area contributed by atoms with Gasteiger partial charge in [-0.25, -0.2) is 0 Å². The standard InChI is InChI=1S/C17H27N3O/c1-16(2)9-14(10-17(3,4)20-16)19-11-12-6-5-7-13(8-12)15(18)21/h5-8,14,19-20H,9-11H2,1-4H3,(H2,18,21). The first-order valence-electron chi connectivity index (χ1n) is 7.58. The second-order valence-electron chi connectivity index (χ2n) is 7.44. The average molecular weight is 289 g/mol. The Labute approximate surface area is 127 Å². The van der Waals surface area contributed by atoms with Gasteiger partial charge in [0.15, 0.2) is 0 Å². The van der Waals surface area contributed by atoms with E-state index in [9.17, 15) is 4.79 Å². The van der Waals surface area contributed by atoms with Gasteiger partial charge in [0.1, 0.15) is 0 Å². The van der Waals surface area contributed by atoms with Crippen molar-refractivity contribution in [2.45, 2.75) is 64.2 Å². The molecule has 0 unspecified atom stereocenters. The molecular weight excluding hydrogens is 262 g/mol. The number of rotatable bonds is 4. The van der Waals surface area contributed by atoms with Crippen LogP contribution in [0.25, 0.3) is 0 Å². The Hall–Kier alpha value is -1.39. The normalized spacial score (nSPS) is 21.1. The molecule has 0 spiro atoms. The van der Waals surface area contributed by atoms with Crippen LogP contribution < -0.4 is 16.4 Å². The van der Waals surface area contributed by atoms with Crippen molar-refractivity contribution in [2.24, 2.45) is 5.73 Å². The number of hydrogen-bond acceptors (Lipinski definition) is 3. The summed E-state index contributed by atoms with van der Waals surface area (Å²) in [6.07, 6.45) is 2.18. The summed E-state index contributed by atoms with van der Waals surface area (Å²) < 4.78 is 0. The number of hydrogen-bond donors (Lipinski definition) is 3. The monoisotopic (exact) mass is 289 g/mol. The van der Waals surface area contributed by atoms with Crippen LogP contribution in [0.4, 0.5) is 0 Å². The van der Waals surface area contributed by atoms with E-state index in [4.69, 9.17) is 5.73 Å². The van der Waals surface area contributed by atoms with Crippen LogP contribution in [0.1, 0.15) is 56.5 Å². The molecular formula is C17H27N3O. The molecule has 1 saturated heterocycles. The predicted molar refractivity (Wildman–Crippen MR) is 86.1 cm³/mol. The number of carbonyl (C=O) groups is 1. The molecule has 1 aromatic rings. The topological polar surface area (TPSA) is 67.1 Å².